The van der Waals surface area contributed by atoms with Gasteiger partial charge in [0.2, 0.25) is 0 Å². The number of hydrogen-bond acceptors (Lipinski definition) is 4. The molecule has 0 heterocycles. The summed E-state index contributed by atoms with van der Waals surface area (Å²) in [5.41, 5.74) is 2.81. The lowest BCUT2D eigenvalue weighted by Crippen LogP contribution is -2.33. The van der Waals surface area contributed by atoms with Gasteiger partial charge in [0.05, 0.1) is 17.9 Å². The Balaban J connectivity index is 2.81. The van der Waals surface area contributed by atoms with Crippen LogP contribution in [0.5, 0.6) is 0 Å². The first-order chi connectivity index (χ1) is 9.99. The fourth-order valence-electron chi connectivity index (χ4n) is 2.19. The van der Waals surface area contributed by atoms with E-state index in [1.165, 1.54) is 0 Å². The predicted octanol–water partition coefficient (Wildman–Crippen LogP) is 2.77. The molecule has 0 radical (unpaired) electrons. The number of likely N-dealkylation sites (N-methyl/N-ethyl adjacent to an activating group) is 1. The number of nitrogens with one attached hydrogen (secondary N) is 1. The van der Waals surface area contributed by atoms with Crippen molar-refractivity contribution in [1.82, 2.24) is 5.32 Å². The van der Waals surface area contributed by atoms with E-state index < -0.39 is 0 Å². The van der Waals surface area contributed by atoms with Crippen molar-refractivity contribution in [2.45, 2.75) is 33.4 Å². The van der Waals surface area contributed by atoms with Crippen molar-refractivity contribution in [3.05, 3.63) is 29.3 Å². The largest absolute Gasteiger partial charge is 0.383 e. The zero-order valence-electron chi connectivity index (χ0n) is 13.8. The minimum Gasteiger partial charge on any atom is -0.383 e. The quantitative estimate of drug-likeness (QED) is 0.799. The molecule has 0 saturated heterocycles. The molecule has 0 aliphatic rings. The lowest BCUT2D eigenvalue weighted by molar-refractivity contribution is 0.183. The van der Waals surface area contributed by atoms with Crippen LogP contribution in [-0.2, 0) is 11.3 Å². The summed E-state index contributed by atoms with van der Waals surface area (Å²) in [6.45, 7) is 8.87. The van der Waals surface area contributed by atoms with E-state index in [2.05, 4.69) is 43.1 Å². The summed E-state index contributed by atoms with van der Waals surface area (Å²) in [6, 6.07) is 8.61. The molecule has 4 nitrogen and oxygen atoms in total. The first-order valence-electron chi connectivity index (χ1n) is 7.45. The summed E-state index contributed by atoms with van der Waals surface area (Å²) in [5, 5.41) is 12.8. The summed E-state index contributed by atoms with van der Waals surface area (Å²) in [5.74, 6) is 0.626. The van der Waals surface area contributed by atoms with Gasteiger partial charge in [0.15, 0.2) is 0 Å². The van der Waals surface area contributed by atoms with Gasteiger partial charge in [0, 0.05) is 26.7 Å². The van der Waals surface area contributed by atoms with Crippen molar-refractivity contribution in [3.63, 3.8) is 0 Å². The number of rotatable bonds is 8. The number of ether oxygens (including phenoxy) is 1. The van der Waals surface area contributed by atoms with Crippen molar-refractivity contribution in [2.75, 3.05) is 32.2 Å². The molecule has 0 bridgehead atoms. The second-order valence-electron chi connectivity index (χ2n) is 5.90. The van der Waals surface area contributed by atoms with E-state index in [0.717, 1.165) is 24.3 Å². The van der Waals surface area contributed by atoms with Gasteiger partial charge in [0.1, 0.15) is 6.07 Å². The third-order valence-electron chi connectivity index (χ3n) is 3.51. The highest BCUT2D eigenvalue weighted by atomic mass is 16.5. The van der Waals surface area contributed by atoms with Crippen LogP contribution in [-0.4, -0.2) is 33.4 Å². The van der Waals surface area contributed by atoms with Gasteiger partial charge in [0.25, 0.3) is 0 Å². The molecule has 1 unspecified atom stereocenters. The topological polar surface area (TPSA) is 48.3 Å². The fraction of sp³-hybridized carbons (Fsp3) is 0.588. The molecule has 0 fully saturated rings. The molecule has 1 N–H and O–H groups in total. The van der Waals surface area contributed by atoms with E-state index in [4.69, 9.17) is 4.74 Å². The second-order valence-corrected chi connectivity index (χ2v) is 5.90. The molecular weight excluding hydrogens is 262 g/mol. The van der Waals surface area contributed by atoms with Crippen molar-refractivity contribution in [1.29, 1.82) is 5.26 Å². The maximum absolute atomic E-state index is 9.39. The van der Waals surface area contributed by atoms with E-state index >= 15 is 0 Å². The lowest BCUT2D eigenvalue weighted by Gasteiger charge is -2.27. The van der Waals surface area contributed by atoms with Crippen molar-refractivity contribution in [3.8, 4) is 6.07 Å². The summed E-state index contributed by atoms with van der Waals surface area (Å²) in [6.07, 6.45) is 0. The van der Waals surface area contributed by atoms with E-state index in [-0.39, 0.29) is 6.04 Å². The third kappa shape index (κ3) is 5.37. The summed E-state index contributed by atoms with van der Waals surface area (Å²) in [7, 11) is 3.69. The van der Waals surface area contributed by atoms with Gasteiger partial charge >= 0.3 is 0 Å². The van der Waals surface area contributed by atoms with Crippen LogP contribution < -0.4 is 10.2 Å². The fourth-order valence-corrected chi connectivity index (χ4v) is 2.19. The summed E-state index contributed by atoms with van der Waals surface area (Å²) in [4.78, 5) is 2.09. The predicted molar refractivity (Wildman–Crippen MR) is 87.4 cm³/mol. The highest BCUT2D eigenvalue weighted by Gasteiger charge is 2.14. The van der Waals surface area contributed by atoms with Gasteiger partial charge < -0.3 is 15.0 Å². The second kappa shape index (κ2) is 8.66. The molecule has 0 aliphatic heterocycles. The number of hydrogen-bond donors (Lipinski definition) is 1. The molecule has 0 aromatic heterocycles. The lowest BCUT2D eigenvalue weighted by atomic mass is 10.1. The van der Waals surface area contributed by atoms with E-state index in [1.807, 2.05) is 19.2 Å². The standard InChI is InChI=1S/C17H27N3O/c1-13(2)10-19-11-15-6-7-17(16(8-15)9-18)20(4)14(3)12-21-5/h6-8,13-14,19H,10-12H2,1-5H3. The van der Waals surface area contributed by atoms with Gasteiger partial charge in [-0.05, 0) is 37.1 Å². The average molecular weight is 289 g/mol. The van der Waals surface area contributed by atoms with Crippen LogP contribution in [0, 0.1) is 17.2 Å². The number of methoxy groups -OCH3 is 1. The Labute approximate surface area is 128 Å². The SMILES string of the molecule is COCC(C)N(C)c1ccc(CNCC(C)C)cc1C#N. The molecule has 21 heavy (non-hydrogen) atoms. The summed E-state index contributed by atoms with van der Waals surface area (Å²) < 4.78 is 5.18. The first-order valence-corrected chi connectivity index (χ1v) is 7.45. The Hall–Kier alpha value is -1.57. The van der Waals surface area contributed by atoms with Crippen LogP contribution in [0.3, 0.4) is 0 Å². The molecule has 0 saturated carbocycles. The van der Waals surface area contributed by atoms with Gasteiger partial charge in [-0.25, -0.2) is 0 Å². The Bertz CT molecular complexity index is 479. The molecule has 0 amide bonds. The van der Waals surface area contributed by atoms with Gasteiger partial charge in [-0.3, -0.25) is 0 Å². The van der Waals surface area contributed by atoms with Crippen LogP contribution >= 0.6 is 0 Å². The number of anilines is 1. The van der Waals surface area contributed by atoms with Crippen molar-refractivity contribution >= 4 is 5.69 Å². The molecule has 1 aromatic rings. The van der Waals surface area contributed by atoms with Crippen molar-refractivity contribution < 1.29 is 4.74 Å². The van der Waals surface area contributed by atoms with Crippen LogP contribution in [0.15, 0.2) is 18.2 Å². The Morgan fingerprint density at radius 2 is 2.05 bits per heavy atom. The normalized spacial score (nSPS) is 12.2. The molecule has 4 heteroatoms. The van der Waals surface area contributed by atoms with Gasteiger partial charge in [-0.2, -0.15) is 5.26 Å². The Morgan fingerprint density at radius 1 is 1.33 bits per heavy atom. The van der Waals surface area contributed by atoms with E-state index in [1.54, 1.807) is 7.11 Å². The van der Waals surface area contributed by atoms with Gasteiger partial charge in [-0.1, -0.05) is 19.9 Å². The average Bonchev–Trinajstić information content (AvgIpc) is 2.46. The zero-order chi connectivity index (χ0) is 15.8. The molecule has 0 aliphatic carbocycles. The van der Waals surface area contributed by atoms with Crippen LogP contribution in [0.1, 0.15) is 31.9 Å². The molecule has 1 rings (SSSR count). The molecule has 0 spiro atoms. The number of benzene rings is 1. The smallest absolute Gasteiger partial charge is 0.101 e. The molecular formula is C17H27N3O. The van der Waals surface area contributed by atoms with Crippen molar-refractivity contribution in [2.24, 2.45) is 5.92 Å². The van der Waals surface area contributed by atoms with Crippen LogP contribution in [0.25, 0.3) is 0 Å². The van der Waals surface area contributed by atoms with E-state index in [0.29, 0.717) is 18.1 Å². The highest BCUT2D eigenvalue weighted by Crippen LogP contribution is 2.22. The van der Waals surface area contributed by atoms with Crippen LogP contribution in [0.4, 0.5) is 5.69 Å². The first kappa shape index (κ1) is 17.5. The molecule has 1 atom stereocenters. The maximum Gasteiger partial charge on any atom is 0.101 e. The van der Waals surface area contributed by atoms with Gasteiger partial charge in [-0.15, -0.1) is 0 Å². The Kier molecular flexibility index (Phi) is 7.21. The number of nitriles is 1. The molecule has 116 valence electrons. The van der Waals surface area contributed by atoms with Crippen LogP contribution in [0.2, 0.25) is 0 Å². The monoisotopic (exact) mass is 289 g/mol. The minimum atomic E-state index is 0.229. The zero-order valence-corrected chi connectivity index (χ0v) is 13.8. The van der Waals surface area contributed by atoms with E-state index in [9.17, 15) is 5.26 Å². The maximum atomic E-state index is 9.39. The summed E-state index contributed by atoms with van der Waals surface area (Å²) >= 11 is 0. The minimum absolute atomic E-state index is 0.229. The third-order valence-corrected chi connectivity index (χ3v) is 3.51. The molecule has 1 aromatic carbocycles. The Morgan fingerprint density at radius 3 is 2.62 bits per heavy atom. The number of nitrogens with zero attached hydrogens (tertiary/aromatic N) is 2. The highest BCUT2D eigenvalue weighted by molar-refractivity contribution is 5.60.